The fourth-order valence-corrected chi connectivity index (χ4v) is 2.45. The fraction of sp³-hybridized carbons (Fsp3) is 0.176. The Morgan fingerprint density at radius 3 is 2.83 bits per heavy atom. The maximum Gasteiger partial charge on any atom is 0.277 e. The molecular formula is C17H15ClN4O2. The molecular weight excluding hydrogens is 328 g/mol. The molecule has 1 N–H and O–H groups in total. The molecule has 0 radical (unpaired) electrons. The predicted octanol–water partition coefficient (Wildman–Crippen LogP) is 2.78. The van der Waals surface area contributed by atoms with E-state index in [-0.39, 0.29) is 24.4 Å². The number of benzene rings is 2. The largest absolute Gasteiger partial charge is 0.326 e. The molecule has 3 rings (SSSR count). The van der Waals surface area contributed by atoms with Gasteiger partial charge in [0.05, 0.1) is 11.9 Å². The number of hydrogen-bond acceptors (Lipinski definition) is 4. The van der Waals surface area contributed by atoms with Crippen molar-refractivity contribution in [2.24, 2.45) is 0 Å². The molecule has 1 amide bonds. The number of rotatable bonds is 4. The molecule has 3 aromatic rings. The molecule has 24 heavy (non-hydrogen) atoms. The fourth-order valence-electron chi connectivity index (χ4n) is 2.27. The van der Waals surface area contributed by atoms with Crippen LogP contribution in [0, 0.1) is 6.92 Å². The van der Waals surface area contributed by atoms with Crippen molar-refractivity contribution in [3.63, 3.8) is 0 Å². The number of carbonyl (C=O) groups is 1. The number of nitrogens with zero attached hydrogens (tertiary/aromatic N) is 3. The number of carbonyl (C=O) groups excluding carboxylic acids is 1. The lowest BCUT2D eigenvalue weighted by Crippen LogP contribution is -2.26. The Bertz CT molecular complexity index is 968. The van der Waals surface area contributed by atoms with E-state index < -0.39 is 0 Å². The van der Waals surface area contributed by atoms with Gasteiger partial charge >= 0.3 is 0 Å². The maximum absolute atomic E-state index is 12.3. The molecule has 0 spiro atoms. The first-order valence-electron chi connectivity index (χ1n) is 7.43. The average Bonchev–Trinajstić information content (AvgIpc) is 2.58. The summed E-state index contributed by atoms with van der Waals surface area (Å²) in [6.07, 6.45) is 0.110. The summed E-state index contributed by atoms with van der Waals surface area (Å²) in [5.41, 5.74) is 1.84. The first-order valence-corrected chi connectivity index (χ1v) is 7.81. The van der Waals surface area contributed by atoms with Crippen molar-refractivity contribution in [3.8, 4) is 0 Å². The zero-order valence-electron chi connectivity index (χ0n) is 13.0. The highest BCUT2D eigenvalue weighted by Crippen LogP contribution is 2.20. The van der Waals surface area contributed by atoms with Gasteiger partial charge in [-0.2, -0.15) is 0 Å². The van der Waals surface area contributed by atoms with E-state index in [1.54, 1.807) is 36.4 Å². The Balaban J connectivity index is 1.69. The number of aryl methyl sites for hydroxylation is 2. The van der Waals surface area contributed by atoms with Crippen molar-refractivity contribution in [1.82, 2.24) is 15.0 Å². The lowest BCUT2D eigenvalue weighted by atomic mass is 10.2. The van der Waals surface area contributed by atoms with Gasteiger partial charge in [-0.3, -0.25) is 9.59 Å². The molecule has 6 nitrogen and oxygen atoms in total. The van der Waals surface area contributed by atoms with Crippen molar-refractivity contribution in [2.75, 3.05) is 5.32 Å². The van der Waals surface area contributed by atoms with Gasteiger partial charge in [0.15, 0.2) is 0 Å². The van der Waals surface area contributed by atoms with E-state index in [4.69, 9.17) is 11.6 Å². The van der Waals surface area contributed by atoms with E-state index in [2.05, 4.69) is 15.6 Å². The number of fused-ring (bicyclic) bond motifs is 1. The topological polar surface area (TPSA) is 76.9 Å². The summed E-state index contributed by atoms with van der Waals surface area (Å²) in [6, 6.07) is 12.3. The van der Waals surface area contributed by atoms with Crippen LogP contribution in [-0.2, 0) is 11.3 Å². The molecule has 7 heteroatoms. The minimum Gasteiger partial charge on any atom is -0.326 e. The summed E-state index contributed by atoms with van der Waals surface area (Å²) >= 11 is 6.03. The molecule has 0 fully saturated rings. The van der Waals surface area contributed by atoms with Crippen LogP contribution < -0.4 is 10.9 Å². The highest BCUT2D eigenvalue weighted by atomic mass is 35.5. The summed E-state index contributed by atoms with van der Waals surface area (Å²) in [5, 5.41) is 11.7. The summed E-state index contributed by atoms with van der Waals surface area (Å²) in [6.45, 7) is 2.04. The average molecular weight is 343 g/mol. The second-order valence-electron chi connectivity index (χ2n) is 5.40. The Morgan fingerprint density at radius 2 is 2.04 bits per heavy atom. The monoisotopic (exact) mass is 342 g/mol. The van der Waals surface area contributed by atoms with Crippen LogP contribution in [0.25, 0.3) is 10.9 Å². The van der Waals surface area contributed by atoms with Gasteiger partial charge in [0, 0.05) is 17.1 Å². The molecule has 0 aliphatic carbocycles. The quantitative estimate of drug-likeness (QED) is 0.791. The van der Waals surface area contributed by atoms with Crippen molar-refractivity contribution < 1.29 is 4.79 Å². The molecule has 122 valence electrons. The number of anilines is 1. The van der Waals surface area contributed by atoms with Crippen LogP contribution in [0.15, 0.2) is 47.3 Å². The normalized spacial score (nSPS) is 10.8. The lowest BCUT2D eigenvalue weighted by molar-refractivity contribution is -0.116. The minimum atomic E-state index is -0.258. The second-order valence-corrected chi connectivity index (χ2v) is 5.80. The molecule has 0 saturated carbocycles. The Kier molecular flexibility index (Phi) is 4.57. The van der Waals surface area contributed by atoms with Gasteiger partial charge in [0.1, 0.15) is 5.52 Å². The molecule has 0 saturated heterocycles. The Labute approximate surface area is 143 Å². The number of nitrogens with one attached hydrogen (secondary N) is 1. The van der Waals surface area contributed by atoms with Crippen molar-refractivity contribution in [1.29, 1.82) is 0 Å². The van der Waals surface area contributed by atoms with Crippen molar-refractivity contribution >= 4 is 34.1 Å². The first kappa shape index (κ1) is 16.1. The van der Waals surface area contributed by atoms with Crippen LogP contribution in [0.1, 0.15) is 12.0 Å². The Hall–Kier alpha value is -2.73. The standard InChI is InChI=1S/C17H15ClN4O2/c1-11-6-7-12(10-14(11)18)19-16(23)8-9-22-17(24)13-4-2-3-5-15(13)20-21-22/h2-7,10H,8-9H2,1H3,(H,19,23). The van der Waals surface area contributed by atoms with Gasteiger partial charge in [0.2, 0.25) is 5.91 Å². The number of amides is 1. The number of halogens is 1. The zero-order chi connectivity index (χ0) is 17.1. The molecule has 0 atom stereocenters. The summed E-state index contributed by atoms with van der Waals surface area (Å²) < 4.78 is 1.20. The van der Waals surface area contributed by atoms with E-state index in [1.807, 2.05) is 13.0 Å². The summed E-state index contributed by atoms with van der Waals surface area (Å²) in [7, 11) is 0. The van der Waals surface area contributed by atoms with Crippen molar-refractivity contribution in [2.45, 2.75) is 19.9 Å². The highest BCUT2D eigenvalue weighted by molar-refractivity contribution is 6.31. The molecule has 1 heterocycles. The van der Waals surface area contributed by atoms with E-state index in [0.29, 0.717) is 21.6 Å². The van der Waals surface area contributed by atoms with Gasteiger partial charge in [-0.1, -0.05) is 35.0 Å². The molecule has 1 aromatic heterocycles. The van der Waals surface area contributed by atoms with E-state index in [0.717, 1.165) is 5.56 Å². The Morgan fingerprint density at radius 1 is 1.25 bits per heavy atom. The van der Waals surface area contributed by atoms with E-state index in [9.17, 15) is 9.59 Å². The van der Waals surface area contributed by atoms with Crippen molar-refractivity contribution in [3.05, 3.63) is 63.4 Å². The maximum atomic E-state index is 12.3. The highest BCUT2D eigenvalue weighted by Gasteiger charge is 2.08. The van der Waals surface area contributed by atoms with Gasteiger partial charge in [-0.15, -0.1) is 5.10 Å². The third-order valence-electron chi connectivity index (χ3n) is 3.64. The van der Waals surface area contributed by atoms with Gasteiger partial charge in [-0.25, -0.2) is 4.68 Å². The van der Waals surface area contributed by atoms with Gasteiger partial charge < -0.3 is 5.32 Å². The molecule has 0 unspecified atom stereocenters. The molecule has 0 bridgehead atoms. The predicted molar refractivity (Wildman–Crippen MR) is 93.2 cm³/mol. The third kappa shape index (κ3) is 3.44. The van der Waals surface area contributed by atoms with Gasteiger partial charge in [0.25, 0.3) is 5.56 Å². The lowest BCUT2D eigenvalue weighted by Gasteiger charge is -2.08. The van der Waals surface area contributed by atoms with E-state index >= 15 is 0 Å². The van der Waals surface area contributed by atoms with Crippen LogP contribution in [0.3, 0.4) is 0 Å². The van der Waals surface area contributed by atoms with Crippen LogP contribution in [-0.4, -0.2) is 20.9 Å². The number of hydrogen-bond donors (Lipinski definition) is 1. The van der Waals surface area contributed by atoms with Crippen LogP contribution >= 0.6 is 11.6 Å². The SMILES string of the molecule is Cc1ccc(NC(=O)CCn2nnc3ccccc3c2=O)cc1Cl. The van der Waals surface area contributed by atoms with E-state index in [1.165, 1.54) is 4.68 Å². The summed E-state index contributed by atoms with van der Waals surface area (Å²) in [5.74, 6) is -0.225. The molecule has 0 aliphatic heterocycles. The smallest absolute Gasteiger partial charge is 0.277 e. The molecule has 0 aliphatic rings. The zero-order valence-corrected chi connectivity index (χ0v) is 13.7. The number of aromatic nitrogens is 3. The first-order chi connectivity index (χ1) is 11.5. The molecule has 2 aromatic carbocycles. The summed E-state index contributed by atoms with van der Waals surface area (Å²) in [4.78, 5) is 24.3. The van der Waals surface area contributed by atoms with Crippen LogP contribution in [0.2, 0.25) is 5.02 Å². The van der Waals surface area contributed by atoms with Gasteiger partial charge in [-0.05, 0) is 36.8 Å². The third-order valence-corrected chi connectivity index (χ3v) is 4.04. The van der Waals surface area contributed by atoms with Crippen LogP contribution in [0.5, 0.6) is 0 Å². The van der Waals surface area contributed by atoms with Crippen LogP contribution in [0.4, 0.5) is 5.69 Å². The minimum absolute atomic E-state index is 0.110. The second kappa shape index (κ2) is 6.80.